The summed E-state index contributed by atoms with van der Waals surface area (Å²) in [4.78, 5) is 19.6. The van der Waals surface area contributed by atoms with Crippen molar-refractivity contribution in [3.8, 4) is 11.4 Å². The number of rotatable bonds is 3. The zero-order valence-electron chi connectivity index (χ0n) is 10.6. The monoisotopic (exact) mass is 271 g/mol. The van der Waals surface area contributed by atoms with Crippen molar-refractivity contribution in [2.45, 2.75) is 18.8 Å². The van der Waals surface area contributed by atoms with Gasteiger partial charge >= 0.3 is 5.97 Å². The number of hydrogen-bond acceptors (Lipinski definition) is 5. The molecule has 0 spiro atoms. The molecule has 2 atom stereocenters. The first-order valence-electron chi connectivity index (χ1n) is 6.37. The quantitative estimate of drug-likeness (QED) is 0.861. The van der Waals surface area contributed by atoms with Gasteiger partial charge in [-0.05, 0) is 25.0 Å². The molecule has 2 heterocycles. The van der Waals surface area contributed by atoms with E-state index in [-0.39, 0.29) is 5.92 Å². The predicted octanol–water partition coefficient (Wildman–Crippen LogP) is 2.27. The van der Waals surface area contributed by atoms with Gasteiger partial charge in [0, 0.05) is 18.0 Å². The normalized spacial score (nSPS) is 21.8. The smallest absolute Gasteiger partial charge is 0.307 e. The highest BCUT2D eigenvalue weighted by Crippen LogP contribution is 2.34. The Labute approximate surface area is 115 Å². The zero-order valence-corrected chi connectivity index (χ0v) is 10.6. The van der Waals surface area contributed by atoms with E-state index in [9.17, 15) is 9.90 Å². The third kappa shape index (κ3) is 2.32. The summed E-state index contributed by atoms with van der Waals surface area (Å²) in [6.07, 6.45) is 8.24. The molecule has 0 saturated carbocycles. The molecule has 1 aliphatic carbocycles. The highest BCUT2D eigenvalue weighted by Gasteiger charge is 2.33. The number of carboxylic acid groups (broad SMARTS) is 1. The fourth-order valence-electron chi connectivity index (χ4n) is 2.36. The molecule has 0 aliphatic heterocycles. The maximum absolute atomic E-state index is 11.3. The van der Waals surface area contributed by atoms with Gasteiger partial charge in [0.15, 0.2) is 0 Å². The Morgan fingerprint density at radius 2 is 2.20 bits per heavy atom. The Balaban J connectivity index is 1.90. The summed E-state index contributed by atoms with van der Waals surface area (Å²) >= 11 is 0. The van der Waals surface area contributed by atoms with E-state index in [1.807, 2.05) is 18.2 Å². The second-order valence-electron chi connectivity index (χ2n) is 4.69. The SMILES string of the molecule is O=C(O)[C@H]1CC=CC[C@H]1c1nc(-c2cccnc2)no1. The first-order valence-corrected chi connectivity index (χ1v) is 6.37. The average Bonchev–Trinajstić information content (AvgIpc) is 2.98. The number of hydrogen-bond donors (Lipinski definition) is 1. The largest absolute Gasteiger partial charge is 0.481 e. The molecule has 0 amide bonds. The molecule has 6 heteroatoms. The molecule has 20 heavy (non-hydrogen) atoms. The van der Waals surface area contributed by atoms with Gasteiger partial charge in [-0.25, -0.2) is 0 Å². The van der Waals surface area contributed by atoms with Crippen LogP contribution in [0.3, 0.4) is 0 Å². The molecule has 1 N–H and O–H groups in total. The van der Waals surface area contributed by atoms with Crippen LogP contribution in [0.25, 0.3) is 11.4 Å². The molecule has 0 radical (unpaired) electrons. The van der Waals surface area contributed by atoms with Crippen molar-refractivity contribution in [1.29, 1.82) is 0 Å². The fraction of sp³-hybridized carbons (Fsp3) is 0.286. The van der Waals surface area contributed by atoms with Crippen molar-refractivity contribution in [1.82, 2.24) is 15.1 Å². The summed E-state index contributed by atoms with van der Waals surface area (Å²) in [5.41, 5.74) is 0.751. The van der Waals surface area contributed by atoms with Crippen LogP contribution in [0.5, 0.6) is 0 Å². The van der Waals surface area contributed by atoms with E-state index in [1.165, 1.54) is 0 Å². The van der Waals surface area contributed by atoms with E-state index >= 15 is 0 Å². The summed E-state index contributed by atoms with van der Waals surface area (Å²) in [6.45, 7) is 0. The topological polar surface area (TPSA) is 89.1 Å². The van der Waals surface area contributed by atoms with Crippen LogP contribution in [-0.2, 0) is 4.79 Å². The summed E-state index contributed by atoms with van der Waals surface area (Å²) in [5.74, 6) is -0.800. The predicted molar refractivity (Wildman–Crippen MR) is 69.8 cm³/mol. The average molecular weight is 271 g/mol. The maximum Gasteiger partial charge on any atom is 0.307 e. The van der Waals surface area contributed by atoms with Crippen LogP contribution in [0.1, 0.15) is 24.7 Å². The van der Waals surface area contributed by atoms with Crippen LogP contribution >= 0.6 is 0 Å². The van der Waals surface area contributed by atoms with Crippen molar-refractivity contribution in [2.24, 2.45) is 5.92 Å². The molecule has 0 saturated heterocycles. The molecule has 0 aromatic carbocycles. The number of carboxylic acids is 1. The Morgan fingerprint density at radius 1 is 1.35 bits per heavy atom. The lowest BCUT2D eigenvalue weighted by Gasteiger charge is -2.21. The van der Waals surface area contributed by atoms with Crippen molar-refractivity contribution in [3.63, 3.8) is 0 Å². The Kier molecular flexibility index (Phi) is 3.28. The number of carbonyl (C=O) groups is 1. The highest BCUT2D eigenvalue weighted by molar-refractivity contribution is 5.71. The van der Waals surface area contributed by atoms with Crippen LogP contribution in [0.4, 0.5) is 0 Å². The van der Waals surface area contributed by atoms with Gasteiger partial charge in [-0.1, -0.05) is 17.3 Å². The van der Waals surface area contributed by atoms with Gasteiger partial charge in [-0.15, -0.1) is 0 Å². The van der Waals surface area contributed by atoms with Gasteiger partial charge in [0.25, 0.3) is 0 Å². The molecule has 2 aromatic rings. The van der Waals surface area contributed by atoms with E-state index in [4.69, 9.17) is 4.52 Å². The lowest BCUT2D eigenvalue weighted by Crippen LogP contribution is -2.23. The second kappa shape index (κ2) is 5.24. The molecule has 6 nitrogen and oxygen atoms in total. The number of aromatic nitrogens is 3. The standard InChI is InChI=1S/C14H13N3O3/c18-14(19)11-6-2-1-5-10(11)13-16-12(17-20-13)9-4-3-7-15-8-9/h1-4,7-8,10-11H,5-6H2,(H,18,19)/t10-,11+/m1/s1. The molecular formula is C14H13N3O3. The summed E-state index contributed by atoms with van der Waals surface area (Å²) in [6, 6.07) is 3.62. The van der Waals surface area contributed by atoms with Gasteiger partial charge in [-0.3, -0.25) is 9.78 Å². The van der Waals surface area contributed by atoms with Crippen LogP contribution in [0, 0.1) is 5.92 Å². The van der Waals surface area contributed by atoms with Crippen LogP contribution in [0.2, 0.25) is 0 Å². The van der Waals surface area contributed by atoms with Gasteiger partial charge in [-0.2, -0.15) is 4.98 Å². The second-order valence-corrected chi connectivity index (χ2v) is 4.69. The third-order valence-electron chi connectivity index (χ3n) is 3.43. The summed E-state index contributed by atoms with van der Waals surface area (Å²) in [7, 11) is 0. The van der Waals surface area contributed by atoms with Crippen LogP contribution in [0.15, 0.2) is 41.2 Å². The fourth-order valence-corrected chi connectivity index (χ4v) is 2.36. The van der Waals surface area contributed by atoms with Gasteiger partial charge in [0.2, 0.25) is 11.7 Å². The van der Waals surface area contributed by atoms with E-state index in [0.717, 1.165) is 5.56 Å². The first kappa shape index (κ1) is 12.5. The Hall–Kier alpha value is -2.50. The molecule has 3 rings (SSSR count). The third-order valence-corrected chi connectivity index (χ3v) is 3.43. The van der Waals surface area contributed by atoms with Crippen LogP contribution in [-0.4, -0.2) is 26.2 Å². The number of aliphatic carboxylic acids is 1. The van der Waals surface area contributed by atoms with Crippen LogP contribution < -0.4 is 0 Å². The lowest BCUT2D eigenvalue weighted by atomic mass is 9.83. The molecule has 102 valence electrons. The van der Waals surface area contributed by atoms with Crippen molar-refractivity contribution >= 4 is 5.97 Å². The van der Waals surface area contributed by atoms with Gasteiger partial charge in [0.05, 0.1) is 11.8 Å². The molecular weight excluding hydrogens is 258 g/mol. The number of nitrogens with zero attached hydrogens (tertiary/aromatic N) is 3. The van der Waals surface area contributed by atoms with E-state index in [0.29, 0.717) is 24.6 Å². The molecule has 0 unspecified atom stereocenters. The molecule has 2 aromatic heterocycles. The Bertz CT molecular complexity index is 636. The van der Waals surface area contributed by atoms with Gasteiger partial charge in [0.1, 0.15) is 0 Å². The molecule has 1 aliphatic rings. The zero-order chi connectivity index (χ0) is 13.9. The van der Waals surface area contributed by atoms with Crippen molar-refractivity contribution in [2.75, 3.05) is 0 Å². The van der Waals surface area contributed by atoms with Gasteiger partial charge < -0.3 is 9.63 Å². The van der Waals surface area contributed by atoms with Crippen molar-refractivity contribution in [3.05, 3.63) is 42.6 Å². The highest BCUT2D eigenvalue weighted by atomic mass is 16.5. The van der Waals surface area contributed by atoms with Crippen molar-refractivity contribution < 1.29 is 14.4 Å². The number of pyridine rings is 1. The summed E-state index contributed by atoms with van der Waals surface area (Å²) < 4.78 is 5.25. The van der Waals surface area contributed by atoms with E-state index in [1.54, 1.807) is 18.5 Å². The molecule has 0 bridgehead atoms. The Morgan fingerprint density at radius 3 is 2.95 bits per heavy atom. The summed E-state index contributed by atoms with van der Waals surface area (Å²) in [5, 5.41) is 13.2. The van der Waals surface area contributed by atoms with E-state index in [2.05, 4.69) is 15.1 Å². The lowest BCUT2D eigenvalue weighted by molar-refractivity contribution is -0.142. The number of allylic oxidation sites excluding steroid dienone is 2. The minimum absolute atomic E-state index is 0.268. The molecule has 0 fully saturated rings. The minimum Gasteiger partial charge on any atom is -0.481 e. The minimum atomic E-state index is -0.833. The first-order chi connectivity index (χ1) is 9.75. The van der Waals surface area contributed by atoms with E-state index < -0.39 is 11.9 Å². The maximum atomic E-state index is 11.3.